The maximum absolute atomic E-state index is 11.6. The molecule has 2 amide bonds. The Labute approximate surface area is 92.5 Å². The molecule has 2 heterocycles. The zero-order valence-electron chi connectivity index (χ0n) is 8.88. The van der Waals surface area contributed by atoms with Crippen LogP contribution >= 0.6 is 0 Å². The Kier molecular flexibility index (Phi) is 2.55. The van der Waals surface area contributed by atoms with Gasteiger partial charge in [0.25, 0.3) is 0 Å². The minimum Gasteiger partial charge on any atom is -0.369 e. The van der Waals surface area contributed by atoms with E-state index in [0.717, 1.165) is 0 Å². The first kappa shape index (κ1) is 10.5. The number of nitrogens with zero attached hydrogens (tertiary/aromatic N) is 3. The maximum atomic E-state index is 11.6. The highest BCUT2D eigenvalue weighted by atomic mass is 16.2. The van der Waals surface area contributed by atoms with Crippen molar-refractivity contribution in [2.45, 2.75) is 13.3 Å². The number of carbonyl (C=O) groups is 2. The molecular formula is C10H12N4O2. The van der Waals surface area contributed by atoms with Crippen molar-refractivity contribution in [3.63, 3.8) is 0 Å². The van der Waals surface area contributed by atoms with E-state index >= 15 is 0 Å². The fourth-order valence-electron chi connectivity index (χ4n) is 1.67. The minimum absolute atomic E-state index is 0.115. The monoisotopic (exact) mass is 220 g/mol. The highest BCUT2D eigenvalue weighted by Crippen LogP contribution is 2.23. The van der Waals surface area contributed by atoms with Gasteiger partial charge in [0.2, 0.25) is 11.8 Å². The molecule has 1 saturated heterocycles. The quantitative estimate of drug-likeness (QED) is 0.735. The van der Waals surface area contributed by atoms with Crippen molar-refractivity contribution in [2.75, 3.05) is 11.4 Å². The number of aromatic nitrogens is 2. The van der Waals surface area contributed by atoms with Crippen LogP contribution in [-0.2, 0) is 9.59 Å². The molecule has 1 aromatic heterocycles. The number of aryl methyl sites for hydroxylation is 1. The standard InChI is InChI=1S/C10H12N4O2/c1-6-12-3-8(4-13-6)14-5-7(10(11)16)2-9(14)15/h3-4,7H,2,5H2,1H3,(H2,11,16). The van der Waals surface area contributed by atoms with Crippen molar-refractivity contribution in [1.29, 1.82) is 0 Å². The van der Waals surface area contributed by atoms with Gasteiger partial charge >= 0.3 is 0 Å². The largest absolute Gasteiger partial charge is 0.369 e. The lowest BCUT2D eigenvalue weighted by molar-refractivity contribution is -0.123. The predicted molar refractivity (Wildman–Crippen MR) is 56.4 cm³/mol. The van der Waals surface area contributed by atoms with E-state index in [1.807, 2.05) is 0 Å². The Morgan fingerprint density at radius 3 is 2.62 bits per heavy atom. The molecule has 1 aliphatic heterocycles. The molecular weight excluding hydrogens is 208 g/mol. The van der Waals surface area contributed by atoms with Gasteiger partial charge in [-0.25, -0.2) is 9.97 Å². The average Bonchev–Trinajstić information content (AvgIpc) is 2.62. The van der Waals surface area contributed by atoms with Crippen molar-refractivity contribution in [2.24, 2.45) is 11.7 Å². The second-order valence-electron chi connectivity index (χ2n) is 3.80. The smallest absolute Gasteiger partial charge is 0.227 e. The summed E-state index contributed by atoms with van der Waals surface area (Å²) in [5.74, 6) is -0.323. The Morgan fingerprint density at radius 1 is 1.50 bits per heavy atom. The van der Waals surface area contributed by atoms with Crippen molar-refractivity contribution < 1.29 is 9.59 Å². The van der Waals surface area contributed by atoms with E-state index in [-0.39, 0.29) is 12.3 Å². The van der Waals surface area contributed by atoms with Gasteiger partial charge in [0.15, 0.2) is 0 Å². The van der Waals surface area contributed by atoms with Crippen LogP contribution in [0.15, 0.2) is 12.4 Å². The Bertz CT molecular complexity index is 429. The summed E-state index contributed by atoms with van der Waals surface area (Å²) < 4.78 is 0. The topological polar surface area (TPSA) is 89.2 Å². The van der Waals surface area contributed by atoms with E-state index in [4.69, 9.17) is 5.73 Å². The Morgan fingerprint density at radius 2 is 2.12 bits per heavy atom. The highest BCUT2D eigenvalue weighted by Gasteiger charge is 2.34. The molecule has 0 saturated carbocycles. The molecule has 6 heteroatoms. The molecule has 1 unspecified atom stereocenters. The lowest BCUT2D eigenvalue weighted by atomic mass is 10.1. The second kappa shape index (κ2) is 3.88. The molecule has 84 valence electrons. The van der Waals surface area contributed by atoms with Gasteiger partial charge in [-0.1, -0.05) is 0 Å². The number of primary amides is 1. The molecule has 1 atom stereocenters. The van der Waals surface area contributed by atoms with Crippen LogP contribution in [0.1, 0.15) is 12.2 Å². The van der Waals surface area contributed by atoms with Crippen LogP contribution in [0, 0.1) is 12.8 Å². The van der Waals surface area contributed by atoms with E-state index < -0.39 is 11.8 Å². The number of anilines is 1. The third-order valence-corrected chi connectivity index (χ3v) is 2.61. The molecule has 16 heavy (non-hydrogen) atoms. The first-order valence-electron chi connectivity index (χ1n) is 4.96. The molecule has 2 rings (SSSR count). The van der Waals surface area contributed by atoms with Crippen molar-refractivity contribution in [3.8, 4) is 0 Å². The van der Waals surface area contributed by atoms with Gasteiger partial charge < -0.3 is 10.6 Å². The average molecular weight is 220 g/mol. The Hall–Kier alpha value is -1.98. The van der Waals surface area contributed by atoms with Crippen LogP contribution in [0.5, 0.6) is 0 Å². The van der Waals surface area contributed by atoms with Crippen LogP contribution in [0.2, 0.25) is 0 Å². The zero-order valence-corrected chi connectivity index (χ0v) is 8.88. The number of rotatable bonds is 2. The number of hydrogen-bond acceptors (Lipinski definition) is 4. The van der Waals surface area contributed by atoms with E-state index in [0.29, 0.717) is 18.1 Å². The summed E-state index contributed by atoms with van der Waals surface area (Å²) in [6.07, 6.45) is 3.32. The molecule has 6 nitrogen and oxygen atoms in total. The summed E-state index contributed by atoms with van der Waals surface area (Å²) in [6.45, 7) is 2.09. The van der Waals surface area contributed by atoms with E-state index in [1.54, 1.807) is 19.3 Å². The first-order valence-corrected chi connectivity index (χ1v) is 4.96. The third kappa shape index (κ3) is 1.86. The summed E-state index contributed by atoms with van der Waals surface area (Å²) in [4.78, 5) is 32.1. The van der Waals surface area contributed by atoms with Gasteiger partial charge in [-0.3, -0.25) is 9.59 Å². The van der Waals surface area contributed by atoms with Gasteiger partial charge in [-0.15, -0.1) is 0 Å². The summed E-state index contributed by atoms with van der Waals surface area (Å²) in [6, 6.07) is 0. The minimum atomic E-state index is -0.441. The number of amides is 2. The normalized spacial score (nSPS) is 20.2. The van der Waals surface area contributed by atoms with E-state index in [2.05, 4.69) is 9.97 Å². The number of nitrogens with two attached hydrogens (primary N) is 1. The molecule has 0 aromatic carbocycles. The molecule has 1 fully saturated rings. The third-order valence-electron chi connectivity index (χ3n) is 2.61. The molecule has 0 aliphatic carbocycles. The predicted octanol–water partition coefficient (Wildman–Crippen LogP) is -0.377. The first-order chi connectivity index (χ1) is 7.58. The number of carbonyl (C=O) groups excluding carboxylic acids is 2. The number of hydrogen-bond donors (Lipinski definition) is 1. The molecule has 2 N–H and O–H groups in total. The summed E-state index contributed by atoms with van der Waals surface area (Å²) in [5.41, 5.74) is 5.79. The molecule has 1 aromatic rings. The van der Waals surface area contributed by atoms with Crippen molar-refractivity contribution >= 4 is 17.5 Å². The summed E-state index contributed by atoms with van der Waals surface area (Å²) >= 11 is 0. The van der Waals surface area contributed by atoms with Crippen LogP contribution in [0.25, 0.3) is 0 Å². The van der Waals surface area contributed by atoms with Crippen LogP contribution in [0.4, 0.5) is 5.69 Å². The highest BCUT2D eigenvalue weighted by molar-refractivity contribution is 5.99. The zero-order chi connectivity index (χ0) is 11.7. The van der Waals surface area contributed by atoms with E-state index in [9.17, 15) is 9.59 Å². The summed E-state index contributed by atoms with van der Waals surface area (Å²) in [5, 5.41) is 0. The molecule has 0 radical (unpaired) electrons. The van der Waals surface area contributed by atoms with Crippen molar-refractivity contribution in [1.82, 2.24) is 9.97 Å². The van der Waals surface area contributed by atoms with Crippen LogP contribution in [-0.4, -0.2) is 28.3 Å². The second-order valence-corrected chi connectivity index (χ2v) is 3.80. The molecule has 1 aliphatic rings. The van der Waals surface area contributed by atoms with Gasteiger partial charge in [0.05, 0.1) is 24.0 Å². The van der Waals surface area contributed by atoms with Gasteiger partial charge in [-0.2, -0.15) is 0 Å². The van der Waals surface area contributed by atoms with E-state index in [1.165, 1.54) is 4.90 Å². The fourth-order valence-corrected chi connectivity index (χ4v) is 1.67. The molecule has 0 spiro atoms. The Balaban J connectivity index is 2.20. The van der Waals surface area contributed by atoms with Crippen molar-refractivity contribution in [3.05, 3.63) is 18.2 Å². The fraction of sp³-hybridized carbons (Fsp3) is 0.400. The lowest BCUT2D eigenvalue weighted by Gasteiger charge is -2.14. The maximum Gasteiger partial charge on any atom is 0.227 e. The van der Waals surface area contributed by atoms with Gasteiger partial charge in [0, 0.05) is 13.0 Å². The summed E-state index contributed by atoms with van der Waals surface area (Å²) in [7, 11) is 0. The lowest BCUT2D eigenvalue weighted by Crippen LogP contribution is -2.28. The van der Waals surface area contributed by atoms with Crippen LogP contribution < -0.4 is 10.6 Å². The van der Waals surface area contributed by atoms with Crippen LogP contribution in [0.3, 0.4) is 0 Å². The van der Waals surface area contributed by atoms with Gasteiger partial charge in [-0.05, 0) is 6.92 Å². The SMILES string of the molecule is Cc1ncc(N2CC(C(N)=O)CC2=O)cn1. The van der Waals surface area contributed by atoms with Gasteiger partial charge in [0.1, 0.15) is 5.82 Å². The molecule has 0 bridgehead atoms.